The first-order valence-electron chi connectivity index (χ1n) is 5.02. The molecule has 1 saturated heterocycles. The first-order valence-corrected chi connectivity index (χ1v) is 5.81. The number of aliphatic hydroxyl groups is 1. The van der Waals surface area contributed by atoms with Gasteiger partial charge in [-0.3, -0.25) is 4.79 Å². The maximum Gasteiger partial charge on any atom is 0.239 e. The van der Waals surface area contributed by atoms with Crippen molar-refractivity contribution in [1.29, 1.82) is 0 Å². The van der Waals surface area contributed by atoms with Gasteiger partial charge in [0.15, 0.2) is 0 Å². The molecule has 1 amide bonds. The van der Waals surface area contributed by atoms with Crippen molar-refractivity contribution >= 4 is 21.8 Å². The molecule has 0 aromatic heterocycles. The van der Waals surface area contributed by atoms with Crippen LogP contribution in [-0.4, -0.2) is 38.9 Å². The van der Waals surface area contributed by atoms with Crippen LogP contribution in [0.1, 0.15) is 33.6 Å². The van der Waals surface area contributed by atoms with Gasteiger partial charge in [0.1, 0.15) is 0 Å². The number of hydrogen-bond donors (Lipinski definition) is 1. The second-order valence-corrected chi connectivity index (χ2v) is 6.40. The van der Waals surface area contributed by atoms with Crippen molar-refractivity contribution in [3.63, 3.8) is 0 Å². The van der Waals surface area contributed by atoms with E-state index < -0.39 is 4.32 Å². The molecule has 1 N–H and O–H groups in total. The van der Waals surface area contributed by atoms with Crippen LogP contribution in [0, 0.1) is 0 Å². The SMILES string of the molecule is CC1C(O)CCCN1C(=O)C(C)(C)Br. The van der Waals surface area contributed by atoms with E-state index in [-0.39, 0.29) is 18.1 Å². The molecule has 2 unspecified atom stereocenters. The number of halogens is 1. The Morgan fingerprint density at radius 2 is 2.14 bits per heavy atom. The highest BCUT2D eigenvalue weighted by atomic mass is 79.9. The highest BCUT2D eigenvalue weighted by Crippen LogP contribution is 2.25. The molecule has 2 atom stereocenters. The molecule has 1 aliphatic rings. The van der Waals surface area contributed by atoms with Crippen LogP contribution in [0.2, 0.25) is 0 Å². The Morgan fingerprint density at radius 1 is 1.57 bits per heavy atom. The van der Waals surface area contributed by atoms with E-state index in [4.69, 9.17) is 0 Å². The summed E-state index contributed by atoms with van der Waals surface area (Å²) in [6.45, 7) is 6.33. The fraction of sp³-hybridized carbons (Fsp3) is 0.900. The smallest absolute Gasteiger partial charge is 0.239 e. The molecule has 1 fully saturated rings. The molecular formula is C10H18BrNO2. The second-order valence-electron chi connectivity index (χ2n) is 4.42. The summed E-state index contributed by atoms with van der Waals surface area (Å²) in [4.78, 5) is 13.7. The van der Waals surface area contributed by atoms with Gasteiger partial charge in [0, 0.05) is 6.54 Å². The van der Waals surface area contributed by atoms with Crippen molar-refractivity contribution in [2.24, 2.45) is 0 Å². The van der Waals surface area contributed by atoms with E-state index in [0.717, 1.165) is 19.4 Å². The van der Waals surface area contributed by atoms with Crippen molar-refractivity contribution in [2.75, 3.05) is 6.54 Å². The van der Waals surface area contributed by atoms with E-state index in [9.17, 15) is 9.90 Å². The Labute approximate surface area is 93.6 Å². The Kier molecular flexibility index (Phi) is 3.58. The van der Waals surface area contributed by atoms with Gasteiger partial charge in [0.25, 0.3) is 0 Å². The van der Waals surface area contributed by atoms with E-state index in [0.29, 0.717) is 0 Å². The molecule has 4 heteroatoms. The van der Waals surface area contributed by atoms with Gasteiger partial charge in [-0.2, -0.15) is 0 Å². The largest absolute Gasteiger partial charge is 0.391 e. The summed E-state index contributed by atoms with van der Waals surface area (Å²) >= 11 is 3.35. The third-order valence-electron chi connectivity index (χ3n) is 2.72. The predicted octanol–water partition coefficient (Wildman–Crippen LogP) is 1.53. The topological polar surface area (TPSA) is 40.5 Å². The van der Waals surface area contributed by atoms with Gasteiger partial charge in [-0.15, -0.1) is 0 Å². The number of piperidine rings is 1. The highest BCUT2D eigenvalue weighted by Gasteiger charge is 2.36. The molecule has 14 heavy (non-hydrogen) atoms. The van der Waals surface area contributed by atoms with Crippen molar-refractivity contribution in [3.05, 3.63) is 0 Å². The summed E-state index contributed by atoms with van der Waals surface area (Å²) in [5.41, 5.74) is 0. The van der Waals surface area contributed by atoms with Crippen molar-refractivity contribution in [2.45, 2.75) is 50.1 Å². The Morgan fingerprint density at radius 3 is 2.64 bits per heavy atom. The maximum atomic E-state index is 11.9. The minimum absolute atomic E-state index is 0.0590. The lowest BCUT2D eigenvalue weighted by atomic mass is 9.98. The van der Waals surface area contributed by atoms with Gasteiger partial charge in [-0.05, 0) is 33.6 Å². The molecule has 0 bridgehead atoms. The summed E-state index contributed by atoms with van der Waals surface area (Å²) in [6.07, 6.45) is 1.32. The van der Waals surface area contributed by atoms with Crippen molar-refractivity contribution in [3.8, 4) is 0 Å². The molecule has 1 aliphatic heterocycles. The van der Waals surface area contributed by atoms with Crippen LogP contribution in [0.15, 0.2) is 0 Å². The first-order chi connectivity index (χ1) is 6.34. The molecule has 0 aromatic carbocycles. The third kappa shape index (κ3) is 2.48. The Hall–Kier alpha value is -0.0900. The van der Waals surface area contributed by atoms with Crippen LogP contribution in [0.4, 0.5) is 0 Å². The van der Waals surface area contributed by atoms with Crippen molar-refractivity contribution < 1.29 is 9.90 Å². The monoisotopic (exact) mass is 263 g/mol. The number of nitrogens with zero attached hydrogens (tertiary/aromatic N) is 1. The molecule has 0 radical (unpaired) electrons. The van der Waals surface area contributed by atoms with E-state index in [1.807, 2.05) is 20.8 Å². The Balaban J connectivity index is 2.72. The zero-order chi connectivity index (χ0) is 10.9. The summed E-state index contributed by atoms with van der Waals surface area (Å²) in [5.74, 6) is 0.0590. The Bertz CT molecular complexity index is 225. The molecule has 1 rings (SSSR count). The zero-order valence-electron chi connectivity index (χ0n) is 8.96. The number of amides is 1. The van der Waals surface area contributed by atoms with E-state index in [2.05, 4.69) is 15.9 Å². The van der Waals surface area contributed by atoms with Gasteiger partial charge in [-0.1, -0.05) is 15.9 Å². The molecule has 0 aromatic rings. The quantitative estimate of drug-likeness (QED) is 0.730. The summed E-state index contributed by atoms with van der Waals surface area (Å²) < 4.78 is -0.529. The molecule has 3 nitrogen and oxygen atoms in total. The third-order valence-corrected chi connectivity index (χ3v) is 3.06. The van der Waals surface area contributed by atoms with Gasteiger partial charge >= 0.3 is 0 Å². The van der Waals surface area contributed by atoms with Crippen LogP contribution in [0.5, 0.6) is 0 Å². The lowest BCUT2D eigenvalue weighted by molar-refractivity contribution is -0.139. The van der Waals surface area contributed by atoms with Crippen LogP contribution in [0.25, 0.3) is 0 Å². The number of carbonyl (C=O) groups is 1. The van der Waals surface area contributed by atoms with Gasteiger partial charge < -0.3 is 10.0 Å². The minimum Gasteiger partial charge on any atom is -0.391 e. The van der Waals surface area contributed by atoms with Gasteiger partial charge in [0.2, 0.25) is 5.91 Å². The molecule has 82 valence electrons. The molecular weight excluding hydrogens is 246 g/mol. The van der Waals surface area contributed by atoms with Crippen LogP contribution in [0.3, 0.4) is 0 Å². The number of likely N-dealkylation sites (tertiary alicyclic amines) is 1. The summed E-state index contributed by atoms with van der Waals surface area (Å²) in [6, 6.07) is -0.0620. The van der Waals surface area contributed by atoms with E-state index in [1.54, 1.807) is 4.90 Å². The molecule has 0 saturated carbocycles. The minimum atomic E-state index is -0.529. The number of aliphatic hydroxyl groups excluding tert-OH is 1. The van der Waals surface area contributed by atoms with Crippen LogP contribution in [-0.2, 0) is 4.79 Å². The molecule has 0 spiro atoms. The number of rotatable bonds is 1. The zero-order valence-corrected chi connectivity index (χ0v) is 10.5. The first kappa shape index (κ1) is 12.0. The standard InChI is InChI=1S/C10H18BrNO2/c1-7-8(13)5-4-6-12(7)9(14)10(2,3)11/h7-8,13H,4-6H2,1-3H3. The average Bonchev–Trinajstić information content (AvgIpc) is 2.07. The van der Waals surface area contributed by atoms with Crippen LogP contribution < -0.4 is 0 Å². The molecule has 0 aliphatic carbocycles. The fourth-order valence-electron chi connectivity index (χ4n) is 1.75. The van der Waals surface area contributed by atoms with E-state index in [1.165, 1.54) is 0 Å². The van der Waals surface area contributed by atoms with Crippen molar-refractivity contribution in [1.82, 2.24) is 4.90 Å². The lowest BCUT2D eigenvalue weighted by Gasteiger charge is -2.39. The van der Waals surface area contributed by atoms with Gasteiger partial charge in [0.05, 0.1) is 16.5 Å². The lowest BCUT2D eigenvalue weighted by Crippen LogP contribution is -2.53. The molecule has 1 heterocycles. The fourth-order valence-corrected chi connectivity index (χ4v) is 1.98. The number of hydrogen-bond acceptors (Lipinski definition) is 2. The maximum absolute atomic E-state index is 11.9. The van der Waals surface area contributed by atoms with Gasteiger partial charge in [-0.25, -0.2) is 0 Å². The summed E-state index contributed by atoms with van der Waals surface area (Å²) in [5, 5.41) is 9.65. The predicted molar refractivity (Wildman–Crippen MR) is 59.4 cm³/mol. The van der Waals surface area contributed by atoms with E-state index >= 15 is 0 Å². The second kappa shape index (κ2) is 4.19. The number of alkyl halides is 1. The number of carbonyl (C=O) groups excluding carboxylic acids is 1. The van der Waals surface area contributed by atoms with Crippen LogP contribution >= 0.6 is 15.9 Å². The highest BCUT2D eigenvalue weighted by molar-refractivity contribution is 9.10. The summed E-state index contributed by atoms with van der Waals surface area (Å²) in [7, 11) is 0. The normalized spacial score (nSPS) is 29.1. The average molecular weight is 264 g/mol.